The molecule has 0 fully saturated rings. The van der Waals surface area contributed by atoms with Gasteiger partial charge in [0.05, 0.1) is 16.9 Å². The largest absolute Gasteiger partial charge is 0.507 e. The summed E-state index contributed by atoms with van der Waals surface area (Å²) in [4.78, 5) is 10.5. The fraction of sp³-hybridized carbons (Fsp3) is 0.100. The van der Waals surface area contributed by atoms with Gasteiger partial charge in [0, 0.05) is 0 Å². The van der Waals surface area contributed by atoms with Crippen LogP contribution in [-0.4, -0.2) is 21.9 Å². The maximum Gasteiger partial charge on any atom is 0.335 e. The zero-order chi connectivity index (χ0) is 10.6. The summed E-state index contributed by atoms with van der Waals surface area (Å²) in [5.41, 5.74) is 0.447. The van der Waals surface area contributed by atoms with Gasteiger partial charge in [0.2, 0.25) is 0 Å². The van der Waals surface area contributed by atoms with Crippen LogP contribution in [0, 0.1) is 11.8 Å². The predicted molar refractivity (Wildman–Crippen MR) is 55.8 cm³/mol. The van der Waals surface area contributed by atoms with E-state index in [0.717, 1.165) is 0 Å². The monoisotopic (exact) mass is 208 g/mol. The Morgan fingerprint density at radius 2 is 2.21 bits per heavy atom. The molecule has 3 nitrogen and oxygen atoms in total. The molecule has 4 heteroatoms. The number of carbonyl (C=O) groups is 1. The molecule has 0 unspecified atom stereocenters. The van der Waals surface area contributed by atoms with Gasteiger partial charge in [0.1, 0.15) is 5.75 Å². The number of thiol groups is 1. The fourth-order valence-electron chi connectivity index (χ4n) is 0.905. The molecule has 0 saturated carbocycles. The smallest absolute Gasteiger partial charge is 0.335 e. The van der Waals surface area contributed by atoms with Crippen molar-refractivity contribution in [2.24, 2.45) is 0 Å². The first-order valence-corrected chi connectivity index (χ1v) is 4.44. The summed E-state index contributed by atoms with van der Waals surface area (Å²) in [7, 11) is 0. The van der Waals surface area contributed by atoms with E-state index in [1.807, 2.05) is 0 Å². The van der Waals surface area contributed by atoms with Crippen LogP contribution in [0.15, 0.2) is 18.2 Å². The van der Waals surface area contributed by atoms with Gasteiger partial charge < -0.3 is 10.2 Å². The standard InChI is InChI=1S/C10H8O3S/c11-9-6-8(10(12)13)4-3-7(9)2-1-5-14/h3-4,6,11,14H,5H2,(H,12,13). The molecule has 0 amide bonds. The summed E-state index contributed by atoms with van der Waals surface area (Å²) in [6, 6.07) is 4.03. The lowest BCUT2D eigenvalue weighted by Gasteiger charge is -1.98. The van der Waals surface area contributed by atoms with E-state index < -0.39 is 5.97 Å². The van der Waals surface area contributed by atoms with Gasteiger partial charge in [0.25, 0.3) is 0 Å². The minimum Gasteiger partial charge on any atom is -0.507 e. The molecule has 0 heterocycles. The molecule has 0 aliphatic rings. The molecule has 0 radical (unpaired) electrons. The molecule has 0 atom stereocenters. The van der Waals surface area contributed by atoms with E-state index in [0.29, 0.717) is 11.3 Å². The SMILES string of the molecule is O=C(O)c1ccc(C#CCS)c(O)c1. The van der Waals surface area contributed by atoms with Gasteiger partial charge in [-0.15, -0.1) is 0 Å². The number of benzene rings is 1. The van der Waals surface area contributed by atoms with Crippen molar-refractivity contribution >= 4 is 18.6 Å². The summed E-state index contributed by atoms with van der Waals surface area (Å²) in [5, 5.41) is 18.0. The number of hydrogen-bond acceptors (Lipinski definition) is 3. The Bertz CT molecular complexity index is 415. The number of phenolic OH excluding ortho intramolecular Hbond substituents is 1. The number of aromatic carboxylic acids is 1. The van der Waals surface area contributed by atoms with Crippen LogP contribution in [0.25, 0.3) is 0 Å². The third kappa shape index (κ3) is 2.44. The van der Waals surface area contributed by atoms with Crippen LogP contribution in [0.2, 0.25) is 0 Å². The molecule has 1 aromatic rings. The van der Waals surface area contributed by atoms with Gasteiger partial charge >= 0.3 is 5.97 Å². The highest BCUT2D eigenvalue weighted by atomic mass is 32.1. The maximum atomic E-state index is 10.5. The summed E-state index contributed by atoms with van der Waals surface area (Å²) in [6.45, 7) is 0. The van der Waals surface area contributed by atoms with Crippen LogP contribution in [0.3, 0.4) is 0 Å². The van der Waals surface area contributed by atoms with E-state index >= 15 is 0 Å². The Kier molecular flexibility index (Phi) is 3.43. The van der Waals surface area contributed by atoms with Crippen LogP contribution in [0.5, 0.6) is 5.75 Å². The van der Waals surface area contributed by atoms with Crippen molar-refractivity contribution in [2.45, 2.75) is 0 Å². The highest BCUT2D eigenvalue weighted by Gasteiger charge is 2.05. The second-order valence-electron chi connectivity index (χ2n) is 2.50. The number of aromatic hydroxyl groups is 1. The molecule has 0 saturated heterocycles. The molecular formula is C10H8O3S. The van der Waals surface area contributed by atoms with Gasteiger partial charge in [-0.05, 0) is 18.2 Å². The van der Waals surface area contributed by atoms with Crippen molar-refractivity contribution in [1.29, 1.82) is 0 Å². The molecule has 1 rings (SSSR count). The number of carboxylic acids is 1. The molecule has 72 valence electrons. The molecule has 0 aliphatic carbocycles. The fourth-order valence-corrected chi connectivity index (χ4v) is 0.984. The Morgan fingerprint density at radius 1 is 1.50 bits per heavy atom. The summed E-state index contributed by atoms with van der Waals surface area (Å²) >= 11 is 3.89. The lowest BCUT2D eigenvalue weighted by atomic mass is 10.1. The minimum absolute atomic E-state index is 0.0407. The molecule has 0 aromatic heterocycles. The first-order chi connectivity index (χ1) is 6.65. The third-order valence-corrected chi connectivity index (χ3v) is 1.70. The Balaban J connectivity index is 3.07. The quantitative estimate of drug-likeness (QED) is 0.482. The summed E-state index contributed by atoms with van der Waals surface area (Å²) in [5.74, 6) is 4.51. The lowest BCUT2D eigenvalue weighted by molar-refractivity contribution is 0.0696. The molecule has 0 spiro atoms. The third-order valence-electron chi connectivity index (χ3n) is 1.55. The van der Waals surface area contributed by atoms with Crippen LogP contribution in [0.4, 0.5) is 0 Å². The average Bonchev–Trinajstić information content (AvgIpc) is 2.15. The predicted octanol–water partition coefficient (Wildman–Crippen LogP) is 1.37. The van der Waals surface area contributed by atoms with E-state index in [1.165, 1.54) is 18.2 Å². The van der Waals surface area contributed by atoms with Gasteiger partial charge in [-0.1, -0.05) is 11.8 Å². The molecule has 14 heavy (non-hydrogen) atoms. The zero-order valence-corrected chi connectivity index (χ0v) is 8.08. The summed E-state index contributed by atoms with van der Waals surface area (Å²) in [6.07, 6.45) is 0. The normalized spacial score (nSPS) is 8.93. The van der Waals surface area contributed by atoms with Crippen molar-refractivity contribution in [1.82, 2.24) is 0 Å². The van der Waals surface area contributed by atoms with Crippen molar-refractivity contribution in [3.05, 3.63) is 29.3 Å². The molecule has 0 aliphatic heterocycles. The lowest BCUT2D eigenvalue weighted by Crippen LogP contribution is -1.95. The Morgan fingerprint density at radius 3 is 2.71 bits per heavy atom. The van der Waals surface area contributed by atoms with Crippen LogP contribution >= 0.6 is 12.6 Å². The average molecular weight is 208 g/mol. The van der Waals surface area contributed by atoms with E-state index in [-0.39, 0.29) is 11.3 Å². The maximum absolute atomic E-state index is 10.5. The van der Waals surface area contributed by atoms with Crippen molar-refractivity contribution < 1.29 is 15.0 Å². The summed E-state index contributed by atoms with van der Waals surface area (Å²) < 4.78 is 0. The van der Waals surface area contributed by atoms with Gasteiger partial charge in [-0.2, -0.15) is 12.6 Å². The van der Waals surface area contributed by atoms with E-state index in [2.05, 4.69) is 24.5 Å². The van der Waals surface area contributed by atoms with E-state index in [1.54, 1.807) is 0 Å². The van der Waals surface area contributed by atoms with Gasteiger partial charge in [-0.3, -0.25) is 0 Å². The van der Waals surface area contributed by atoms with Gasteiger partial charge in [0.15, 0.2) is 0 Å². The second kappa shape index (κ2) is 4.58. The number of hydrogen-bond donors (Lipinski definition) is 3. The number of carboxylic acid groups (broad SMARTS) is 1. The number of rotatable bonds is 1. The highest BCUT2D eigenvalue weighted by molar-refractivity contribution is 7.80. The molecule has 0 bridgehead atoms. The minimum atomic E-state index is -1.07. The van der Waals surface area contributed by atoms with Crippen LogP contribution in [-0.2, 0) is 0 Å². The van der Waals surface area contributed by atoms with Crippen molar-refractivity contribution in [3.63, 3.8) is 0 Å². The highest BCUT2D eigenvalue weighted by Crippen LogP contribution is 2.17. The van der Waals surface area contributed by atoms with E-state index in [9.17, 15) is 9.90 Å². The number of phenols is 1. The molecular weight excluding hydrogens is 200 g/mol. The Hall–Kier alpha value is -1.60. The Labute approximate surface area is 86.8 Å². The molecule has 1 aromatic carbocycles. The topological polar surface area (TPSA) is 57.5 Å². The van der Waals surface area contributed by atoms with Crippen LogP contribution in [0.1, 0.15) is 15.9 Å². The first-order valence-electron chi connectivity index (χ1n) is 3.81. The second-order valence-corrected chi connectivity index (χ2v) is 2.81. The van der Waals surface area contributed by atoms with Crippen molar-refractivity contribution in [3.8, 4) is 17.6 Å². The first kappa shape index (κ1) is 10.5. The van der Waals surface area contributed by atoms with Gasteiger partial charge in [-0.25, -0.2) is 4.79 Å². The van der Waals surface area contributed by atoms with E-state index in [4.69, 9.17) is 5.11 Å². The van der Waals surface area contributed by atoms with Crippen molar-refractivity contribution in [2.75, 3.05) is 5.75 Å². The zero-order valence-electron chi connectivity index (χ0n) is 7.19. The molecule has 2 N–H and O–H groups in total. The van der Waals surface area contributed by atoms with Crippen LogP contribution < -0.4 is 0 Å².